The van der Waals surface area contributed by atoms with Crippen molar-refractivity contribution in [2.24, 2.45) is 4.99 Å². The molecule has 1 rings (SSSR count). The standard InChI is InChI=1S/C12H11FN2O/c1-9(7-11(8-14)15-2)16-12-5-3-10(13)4-6-12/h3-7,9H,2H2,1H3/b11-7-. The van der Waals surface area contributed by atoms with Gasteiger partial charge in [0.2, 0.25) is 0 Å². The van der Waals surface area contributed by atoms with Crippen molar-refractivity contribution in [3.63, 3.8) is 0 Å². The molecule has 1 unspecified atom stereocenters. The van der Waals surface area contributed by atoms with E-state index in [0.29, 0.717) is 5.75 Å². The number of benzene rings is 1. The lowest BCUT2D eigenvalue weighted by Crippen LogP contribution is -2.08. The Balaban J connectivity index is 2.68. The van der Waals surface area contributed by atoms with E-state index < -0.39 is 0 Å². The van der Waals surface area contributed by atoms with Gasteiger partial charge in [-0.25, -0.2) is 4.39 Å². The van der Waals surface area contributed by atoms with Crippen LogP contribution in [0.5, 0.6) is 5.75 Å². The fraction of sp³-hybridized carbons (Fsp3) is 0.167. The number of nitrogens with zero attached hydrogens (tertiary/aromatic N) is 2. The van der Waals surface area contributed by atoms with Gasteiger partial charge in [-0.1, -0.05) is 0 Å². The molecule has 0 amide bonds. The fourth-order valence-corrected chi connectivity index (χ4v) is 1.11. The van der Waals surface area contributed by atoms with Gasteiger partial charge in [0.15, 0.2) is 0 Å². The Morgan fingerprint density at radius 2 is 2.19 bits per heavy atom. The molecule has 0 heterocycles. The van der Waals surface area contributed by atoms with Crippen molar-refractivity contribution in [1.82, 2.24) is 0 Å². The van der Waals surface area contributed by atoms with E-state index in [4.69, 9.17) is 10.00 Å². The van der Waals surface area contributed by atoms with Gasteiger partial charge in [0.25, 0.3) is 0 Å². The van der Waals surface area contributed by atoms with Crippen LogP contribution in [0, 0.1) is 17.1 Å². The molecule has 0 radical (unpaired) electrons. The molecule has 1 atom stereocenters. The molecular weight excluding hydrogens is 207 g/mol. The Morgan fingerprint density at radius 1 is 1.56 bits per heavy atom. The Hall–Kier alpha value is -2.15. The first-order valence-corrected chi connectivity index (χ1v) is 4.66. The molecule has 0 saturated heterocycles. The second-order valence-electron chi connectivity index (χ2n) is 3.10. The third kappa shape index (κ3) is 3.54. The van der Waals surface area contributed by atoms with Crippen LogP contribution in [0.2, 0.25) is 0 Å². The zero-order valence-electron chi connectivity index (χ0n) is 8.85. The molecule has 0 aliphatic carbocycles. The van der Waals surface area contributed by atoms with Crippen LogP contribution in [0.25, 0.3) is 0 Å². The smallest absolute Gasteiger partial charge is 0.139 e. The molecule has 0 aliphatic rings. The largest absolute Gasteiger partial charge is 0.487 e. The van der Waals surface area contributed by atoms with Crippen molar-refractivity contribution in [2.45, 2.75) is 13.0 Å². The van der Waals surface area contributed by atoms with E-state index >= 15 is 0 Å². The summed E-state index contributed by atoms with van der Waals surface area (Å²) in [5, 5.41) is 8.62. The number of nitriles is 1. The topological polar surface area (TPSA) is 45.4 Å². The van der Waals surface area contributed by atoms with Crippen molar-refractivity contribution >= 4 is 6.72 Å². The molecule has 0 bridgehead atoms. The van der Waals surface area contributed by atoms with E-state index in [1.165, 1.54) is 30.3 Å². The number of hydrogen-bond donors (Lipinski definition) is 0. The number of halogens is 1. The summed E-state index contributed by atoms with van der Waals surface area (Å²) in [6.45, 7) is 5.01. The summed E-state index contributed by atoms with van der Waals surface area (Å²) >= 11 is 0. The molecule has 0 aliphatic heterocycles. The van der Waals surface area contributed by atoms with E-state index in [0.717, 1.165) is 0 Å². The molecule has 1 aromatic carbocycles. The van der Waals surface area contributed by atoms with E-state index in [2.05, 4.69) is 11.7 Å². The summed E-state index contributed by atoms with van der Waals surface area (Å²) in [7, 11) is 0. The quantitative estimate of drug-likeness (QED) is 0.576. The maximum Gasteiger partial charge on any atom is 0.139 e. The third-order valence-electron chi connectivity index (χ3n) is 1.81. The first-order valence-electron chi connectivity index (χ1n) is 4.66. The second kappa shape index (κ2) is 5.66. The Bertz CT molecular complexity index is 431. The van der Waals surface area contributed by atoms with Gasteiger partial charge in [0.1, 0.15) is 29.4 Å². The SMILES string of the molecule is C=N/C(C#N)=C\C(C)Oc1ccc(F)cc1. The summed E-state index contributed by atoms with van der Waals surface area (Å²) < 4.78 is 18.0. The van der Waals surface area contributed by atoms with Gasteiger partial charge in [-0.05, 0) is 44.0 Å². The lowest BCUT2D eigenvalue weighted by molar-refractivity contribution is 0.269. The van der Waals surface area contributed by atoms with Crippen LogP contribution < -0.4 is 4.74 Å². The maximum atomic E-state index is 12.6. The fourth-order valence-electron chi connectivity index (χ4n) is 1.11. The van der Waals surface area contributed by atoms with Crippen molar-refractivity contribution in [3.8, 4) is 11.8 Å². The van der Waals surface area contributed by atoms with Crippen molar-refractivity contribution in [2.75, 3.05) is 0 Å². The minimum absolute atomic E-state index is 0.203. The van der Waals surface area contributed by atoms with Gasteiger partial charge >= 0.3 is 0 Å². The van der Waals surface area contributed by atoms with Gasteiger partial charge in [-0.3, -0.25) is 4.99 Å². The molecule has 82 valence electrons. The lowest BCUT2D eigenvalue weighted by atomic mass is 10.3. The molecule has 16 heavy (non-hydrogen) atoms. The van der Waals surface area contributed by atoms with Crippen LogP contribution in [-0.2, 0) is 0 Å². The summed E-state index contributed by atoms with van der Waals surface area (Å²) in [4.78, 5) is 3.51. The van der Waals surface area contributed by atoms with Crippen LogP contribution in [0.3, 0.4) is 0 Å². The van der Waals surface area contributed by atoms with Gasteiger partial charge in [-0.2, -0.15) is 5.26 Å². The van der Waals surface area contributed by atoms with Crippen LogP contribution in [0.4, 0.5) is 4.39 Å². The van der Waals surface area contributed by atoms with Gasteiger partial charge in [-0.15, -0.1) is 0 Å². The predicted octanol–water partition coefficient (Wildman–Crippen LogP) is 2.70. The first-order chi connectivity index (χ1) is 7.65. The highest BCUT2D eigenvalue weighted by Crippen LogP contribution is 2.14. The molecule has 0 spiro atoms. The second-order valence-corrected chi connectivity index (χ2v) is 3.10. The Morgan fingerprint density at radius 3 is 2.69 bits per heavy atom. The molecule has 1 aromatic rings. The van der Waals surface area contributed by atoms with Crippen molar-refractivity contribution < 1.29 is 9.13 Å². The molecule has 4 heteroatoms. The number of ether oxygens (including phenoxy) is 1. The summed E-state index contributed by atoms with van der Waals surface area (Å²) in [6, 6.07) is 7.53. The highest BCUT2D eigenvalue weighted by Gasteiger charge is 2.02. The highest BCUT2D eigenvalue weighted by molar-refractivity contribution is 5.35. The van der Waals surface area contributed by atoms with Crippen LogP contribution in [0.1, 0.15) is 6.92 Å². The normalized spacial score (nSPS) is 12.7. The van der Waals surface area contributed by atoms with Crippen LogP contribution in [-0.4, -0.2) is 12.8 Å². The number of allylic oxidation sites excluding steroid dienone is 1. The number of aliphatic imine (C=N–C) groups is 1. The van der Waals surface area contributed by atoms with Gasteiger partial charge < -0.3 is 4.74 Å². The first kappa shape index (κ1) is 11.9. The zero-order chi connectivity index (χ0) is 12.0. The van der Waals surface area contributed by atoms with Gasteiger partial charge in [0.05, 0.1) is 0 Å². The zero-order valence-corrected chi connectivity index (χ0v) is 8.85. The predicted molar refractivity (Wildman–Crippen MR) is 59.7 cm³/mol. The van der Waals surface area contributed by atoms with E-state index in [9.17, 15) is 4.39 Å². The van der Waals surface area contributed by atoms with Crippen molar-refractivity contribution in [1.29, 1.82) is 5.26 Å². The van der Waals surface area contributed by atoms with E-state index in [1.807, 2.05) is 6.07 Å². The molecule has 3 nitrogen and oxygen atoms in total. The molecular formula is C12H11FN2O. The molecule has 0 fully saturated rings. The summed E-state index contributed by atoms with van der Waals surface area (Å²) in [6.07, 6.45) is 1.21. The minimum atomic E-state index is -0.328. The summed E-state index contributed by atoms with van der Waals surface area (Å²) in [5.74, 6) is 0.215. The molecule has 0 aromatic heterocycles. The third-order valence-corrected chi connectivity index (χ3v) is 1.81. The van der Waals surface area contributed by atoms with Crippen molar-refractivity contribution in [3.05, 3.63) is 41.9 Å². The van der Waals surface area contributed by atoms with Gasteiger partial charge in [0, 0.05) is 0 Å². The van der Waals surface area contributed by atoms with E-state index in [1.54, 1.807) is 6.92 Å². The number of rotatable bonds is 4. The van der Waals surface area contributed by atoms with Crippen LogP contribution >= 0.6 is 0 Å². The average molecular weight is 218 g/mol. The van der Waals surface area contributed by atoms with E-state index in [-0.39, 0.29) is 17.6 Å². The highest BCUT2D eigenvalue weighted by atomic mass is 19.1. The number of hydrogen-bond acceptors (Lipinski definition) is 3. The summed E-state index contributed by atoms with van der Waals surface area (Å²) in [5.41, 5.74) is 0.203. The Labute approximate surface area is 93.5 Å². The molecule has 0 saturated carbocycles. The maximum absolute atomic E-state index is 12.6. The monoisotopic (exact) mass is 218 g/mol. The average Bonchev–Trinajstić information content (AvgIpc) is 2.29. The minimum Gasteiger partial charge on any atom is -0.487 e. The Kier molecular flexibility index (Phi) is 4.22. The van der Waals surface area contributed by atoms with Crippen LogP contribution in [0.15, 0.2) is 41.0 Å². The lowest BCUT2D eigenvalue weighted by Gasteiger charge is -2.10. The molecule has 0 N–H and O–H groups in total.